The molecule has 1 amide bonds. The van der Waals surface area contributed by atoms with Crippen LogP contribution in [0.5, 0.6) is 5.75 Å². The average Bonchev–Trinajstić information content (AvgIpc) is 2.62. The summed E-state index contributed by atoms with van der Waals surface area (Å²) < 4.78 is 32.5. The van der Waals surface area contributed by atoms with Gasteiger partial charge in [0.25, 0.3) is 0 Å². The van der Waals surface area contributed by atoms with Gasteiger partial charge in [-0.05, 0) is 24.6 Å². The molecule has 0 fully saturated rings. The predicted molar refractivity (Wildman–Crippen MR) is 96.4 cm³/mol. The maximum Gasteiger partial charge on any atom is 0.321 e. The zero-order chi connectivity index (χ0) is 19.7. The molecular weight excluding hydrogens is 360 g/mol. The number of amides is 1. The van der Waals surface area contributed by atoms with Gasteiger partial charge in [-0.25, -0.2) is 8.42 Å². The third-order valence-corrected chi connectivity index (χ3v) is 5.27. The molecule has 0 aliphatic heterocycles. The largest absolute Gasteiger partial charge is 0.496 e. The monoisotopic (exact) mass is 386 g/mol. The van der Waals surface area contributed by atoms with Gasteiger partial charge in [-0.3, -0.25) is 9.59 Å². The van der Waals surface area contributed by atoms with Crippen molar-refractivity contribution >= 4 is 21.9 Å². The molecule has 1 aromatic rings. The number of carbonyl (C=O) groups is 2. The Labute approximate surface area is 154 Å². The van der Waals surface area contributed by atoms with E-state index >= 15 is 0 Å². The summed E-state index contributed by atoms with van der Waals surface area (Å²) in [5, 5.41) is 11.9. The van der Waals surface area contributed by atoms with E-state index in [0.717, 1.165) is 6.42 Å². The van der Waals surface area contributed by atoms with E-state index < -0.39 is 22.0 Å². The first-order chi connectivity index (χ1) is 12.2. The number of unbranched alkanes of at least 4 members (excludes halogenated alkanes) is 1. The first-order valence-electron chi connectivity index (χ1n) is 8.43. The zero-order valence-corrected chi connectivity index (χ0v) is 16.1. The van der Waals surface area contributed by atoms with E-state index in [1.807, 2.05) is 6.92 Å². The summed E-state index contributed by atoms with van der Waals surface area (Å²) in [7, 11) is -2.58. The predicted octanol–water partition coefficient (Wildman–Crippen LogP) is 1.64. The maximum absolute atomic E-state index is 12.6. The number of carboxylic acids is 1. The molecule has 0 heterocycles. The smallest absolute Gasteiger partial charge is 0.321 e. The van der Waals surface area contributed by atoms with E-state index in [1.54, 1.807) is 6.92 Å². The van der Waals surface area contributed by atoms with Gasteiger partial charge >= 0.3 is 5.97 Å². The van der Waals surface area contributed by atoms with Crippen LogP contribution in [0.3, 0.4) is 0 Å². The maximum atomic E-state index is 12.6. The van der Waals surface area contributed by atoms with Crippen LogP contribution < -0.4 is 14.8 Å². The molecule has 1 rings (SSSR count). The molecule has 0 aliphatic rings. The lowest BCUT2D eigenvalue weighted by atomic mass is 10.1. The fourth-order valence-corrected chi connectivity index (χ4v) is 3.55. The number of sulfonamides is 1. The standard InChI is InChI=1S/C17H26N2O6S/c1-4-6-7-14(17(21)22)19-26(23,24)13-8-9-15(25-3)12(10-13)11-18-16(20)5-2/h8-10,14,19H,4-7,11H2,1-3H3,(H,18,20)(H,21,22). The van der Waals surface area contributed by atoms with Crippen molar-refractivity contribution in [1.29, 1.82) is 0 Å². The van der Waals surface area contributed by atoms with E-state index in [1.165, 1.54) is 25.3 Å². The highest BCUT2D eigenvalue weighted by Gasteiger charge is 2.25. The van der Waals surface area contributed by atoms with Crippen LogP contribution in [-0.2, 0) is 26.2 Å². The van der Waals surface area contributed by atoms with E-state index in [2.05, 4.69) is 10.0 Å². The third-order valence-electron chi connectivity index (χ3n) is 3.80. The second-order valence-electron chi connectivity index (χ2n) is 5.76. The van der Waals surface area contributed by atoms with Crippen LogP contribution in [0, 0.1) is 0 Å². The Kier molecular flexibility index (Phi) is 8.53. The molecule has 9 heteroatoms. The van der Waals surface area contributed by atoms with Crippen molar-refractivity contribution in [3.8, 4) is 5.75 Å². The molecule has 0 saturated heterocycles. The summed E-state index contributed by atoms with van der Waals surface area (Å²) in [4.78, 5) is 22.7. The van der Waals surface area contributed by atoms with Gasteiger partial charge in [0.15, 0.2) is 0 Å². The SMILES string of the molecule is CCCCC(NS(=O)(=O)c1ccc(OC)c(CNC(=O)CC)c1)C(=O)O. The lowest BCUT2D eigenvalue weighted by Crippen LogP contribution is -2.40. The average molecular weight is 386 g/mol. The molecule has 3 N–H and O–H groups in total. The number of methoxy groups -OCH3 is 1. The Morgan fingerprint density at radius 1 is 1.27 bits per heavy atom. The van der Waals surface area contributed by atoms with Crippen LogP contribution in [-0.4, -0.2) is 38.6 Å². The summed E-state index contributed by atoms with van der Waals surface area (Å²) in [6.07, 6.45) is 1.87. The molecule has 0 aliphatic carbocycles. The molecule has 26 heavy (non-hydrogen) atoms. The lowest BCUT2D eigenvalue weighted by molar-refractivity contribution is -0.139. The minimum Gasteiger partial charge on any atom is -0.496 e. The normalized spacial score (nSPS) is 12.4. The minimum atomic E-state index is -4.03. The fraction of sp³-hybridized carbons (Fsp3) is 0.529. The Balaban J connectivity index is 3.07. The van der Waals surface area contributed by atoms with Crippen molar-refractivity contribution in [3.05, 3.63) is 23.8 Å². The quantitative estimate of drug-likeness (QED) is 0.531. The molecule has 8 nitrogen and oxygen atoms in total. The minimum absolute atomic E-state index is 0.0817. The van der Waals surface area contributed by atoms with Gasteiger partial charge in [0.1, 0.15) is 11.8 Å². The van der Waals surface area contributed by atoms with Crippen molar-refractivity contribution in [1.82, 2.24) is 10.0 Å². The highest BCUT2D eigenvalue weighted by atomic mass is 32.2. The summed E-state index contributed by atoms with van der Waals surface area (Å²) in [5.74, 6) is -0.962. The van der Waals surface area contributed by atoms with Crippen molar-refractivity contribution < 1.29 is 27.9 Å². The summed E-state index contributed by atoms with van der Waals surface area (Å²) >= 11 is 0. The highest BCUT2D eigenvalue weighted by Crippen LogP contribution is 2.23. The summed E-state index contributed by atoms with van der Waals surface area (Å²) in [6, 6.07) is 3.00. The number of benzene rings is 1. The summed E-state index contributed by atoms with van der Waals surface area (Å²) in [6.45, 7) is 3.71. The molecule has 1 atom stereocenters. The number of rotatable bonds is 11. The van der Waals surface area contributed by atoms with Crippen molar-refractivity contribution in [3.63, 3.8) is 0 Å². The molecule has 0 bridgehead atoms. The topological polar surface area (TPSA) is 122 Å². The summed E-state index contributed by atoms with van der Waals surface area (Å²) in [5.41, 5.74) is 0.484. The van der Waals surface area contributed by atoms with Gasteiger partial charge in [0, 0.05) is 18.5 Å². The van der Waals surface area contributed by atoms with Gasteiger partial charge in [0.05, 0.1) is 12.0 Å². The van der Waals surface area contributed by atoms with Crippen LogP contribution in [0.15, 0.2) is 23.1 Å². The molecule has 1 aromatic carbocycles. The van der Waals surface area contributed by atoms with Crippen LogP contribution in [0.4, 0.5) is 0 Å². The van der Waals surface area contributed by atoms with Crippen LogP contribution in [0.1, 0.15) is 45.1 Å². The molecule has 0 saturated carbocycles. The Hall–Kier alpha value is -2.13. The molecule has 0 radical (unpaired) electrons. The van der Waals surface area contributed by atoms with Crippen LogP contribution in [0.25, 0.3) is 0 Å². The van der Waals surface area contributed by atoms with E-state index in [0.29, 0.717) is 24.2 Å². The van der Waals surface area contributed by atoms with Gasteiger partial charge in [-0.2, -0.15) is 4.72 Å². The Morgan fingerprint density at radius 3 is 2.50 bits per heavy atom. The molecule has 0 spiro atoms. The number of ether oxygens (including phenoxy) is 1. The fourth-order valence-electron chi connectivity index (χ4n) is 2.28. The Morgan fingerprint density at radius 2 is 1.96 bits per heavy atom. The third kappa shape index (κ3) is 6.30. The van der Waals surface area contributed by atoms with Crippen molar-refractivity contribution in [2.75, 3.05) is 7.11 Å². The zero-order valence-electron chi connectivity index (χ0n) is 15.2. The highest BCUT2D eigenvalue weighted by molar-refractivity contribution is 7.89. The van der Waals surface area contributed by atoms with Gasteiger partial charge in [0.2, 0.25) is 15.9 Å². The number of carbonyl (C=O) groups excluding carboxylic acids is 1. The molecule has 1 unspecified atom stereocenters. The van der Waals surface area contributed by atoms with Gasteiger partial charge in [-0.15, -0.1) is 0 Å². The number of hydrogen-bond acceptors (Lipinski definition) is 5. The van der Waals surface area contributed by atoms with E-state index in [4.69, 9.17) is 4.74 Å². The first-order valence-corrected chi connectivity index (χ1v) is 9.92. The lowest BCUT2D eigenvalue weighted by Gasteiger charge is -2.16. The van der Waals surface area contributed by atoms with Gasteiger partial charge in [-0.1, -0.05) is 26.7 Å². The number of carboxylic acid groups (broad SMARTS) is 1. The van der Waals surface area contributed by atoms with Crippen molar-refractivity contribution in [2.24, 2.45) is 0 Å². The van der Waals surface area contributed by atoms with E-state index in [9.17, 15) is 23.1 Å². The van der Waals surface area contributed by atoms with Crippen LogP contribution in [0.2, 0.25) is 0 Å². The molecule has 0 aromatic heterocycles. The number of nitrogens with one attached hydrogen (secondary N) is 2. The second-order valence-corrected chi connectivity index (χ2v) is 7.47. The molecule has 146 valence electrons. The molecular formula is C17H26N2O6S. The first kappa shape index (κ1) is 21.9. The van der Waals surface area contributed by atoms with Crippen LogP contribution >= 0.6 is 0 Å². The van der Waals surface area contributed by atoms with E-state index in [-0.39, 0.29) is 23.8 Å². The van der Waals surface area contributed by atoms with Crippen molar-refractivity contribution in [2.45, 2.75) is 57.0 Å². The second kappa shape index (κ2) is 10.1. The number of hydrogen-bond donors (Lipinski definition) is 3. The number of aliphatic carboxylic acids is 1. The van der Waals surface area contributed by atoms with Gasteiger partial charge < -0.3 is 15.2 Å². The Bertz CT molecular complexity index is 733.